The molecule has 1 aromatic carbocycles. The molecule has 0 aliphatic carbocycles. The summed E-state index contributed by atoms with van der Waals surface area (Å²) in [6, 6.07) is 5.81. The molecule has 7 heteroatoms. The quantitative estimate of drug-likeness (QED) is 0.768. The Labute approximate surface area is 124 Å². The highest BCUT2D eigenvalue weighted by molar-refractivity contribution is 9.10. The van der Waals surface area contributed by atoms with Gasteiger partial charge in [0.2, 0.25) is 0 Å². The van der Waals surface area contributed by atoms with Crippen molar-refractivity contribution < 1.29 is 18.7 Å². The monoisotopic (exact) mass is 342 g/mol. The van der Waals surface area contributed by atoms with E-state index >= 15 is 0 Å². The van der Waals surface area contributed by atoms with Gasteiger partial charge in [-0.15, -0.1) is 0 Å². The second-order valence-electron chi connectivity index (χ2n) is 3.92. The van der Waals surface area contributed by atoms with Gasteiger partial charge in [-0.3, -0.25) is 4.79 Å². The van der Waals surface area contributed by atoms with Crippen LogP contribution in [0.15, 0.2) is 22.7 Å². The van der Waals surface area contributed by atoms with Crippen LogP contribution in [0.5, 0.6) is 0 Å². The minimum atomic E-state index is -0.906. The number of rotatable bonds is 5. The fourth-order valence-electron chi connectivity index (χ4n) is 1.31. The van der Waals surface area contributed by atoms with E-state index in [-0.39, 0.29) is 18.5 Å². The van der Waals surface area contributed by atoms with Gasteiger partial charge in [-0.05, 0) is 18.2 Å². The maximum absolute atomic E-state index is 13.5. The molecule has 0 bridgehead atoms. The van der Waals surface area contributed by atoms with Gasteiger partial charge in [0.15, 0.2) is 6.61 Å². The molecular formula is C13H12BrFN2O3. The van der Waals surface area contributed by atoms with Gasteiger partial charge < -0.3 is 9.64 Å². The number of esters is 1. The molecule has 106 valence electrons. The predicted molar refractivity (Wildman–Crippen MR) is 72.2 cm³/mol. The number of carbonyl (C=O) groups is 2. The highest BCUT2D eigenvalue weighted by Gasteiger charge is 2.16. The number of hydrogen-bond acceptors (Lipinski definition) is 4. The lowest BCUT2D eigenvalue weighted by Gasteiger charge is -2.15. The molecule has 0 aromatic heterocycles. The Morgan fingerprint density at radius 2 is 2.20 bits per heavy atom. The molecule has 1 aromatic rings. The molecule has 0 radical (unpaired) electrons. The first kappa shape index (κ1) is 16.1. The summed E-state index contributed by atoms with van der Waals surface area (Å²) in [6.45, 7) is -0.240. The zero-order chi connectivity index (χ0) is 15.1. The lowest BCUT2D eigenvalue weighted by atomic mass is 10.2. The summed E-state index contributed by atoms with van der Waals surface area (Å²) in [5, 5.41) is 8.40. The molecule has 0 N–H and O–H groups in total. The highest BCUT2D eigenvalue weighted by atomic mass is 79.9. The van der Waals surface area contributed by atoms with Crippen LogP contribution in [0.25, 0.3) is 0 Å². The van der Waals surface area contributed by atoms with Gasteiger partial charge in [-0.25, -0.2) is 9.18 Å². The van der Waals surface area contributed by atoms with E-state index in [2.05, 4.69) is 15.9 Å². The van der Waals surface area contributed by atoms with E-state index in [9.17, 15) is 14.0 Å². The topological polar surface area (TPSA) is 70.4 Å². The standard InChI is InChI=1S/C13H12BrFN2O3/c1-17(6-2-5-16)12(18)8-20-13(19)10-4-3-9(14)7-11(10)15/h3-4,7H,2,6,8H2,1H3. The zero-order valence-electron chi connectivity index (χ0n) is 10.7. The molecule has 1 rings (SSSR count). The number of benzene rings is 1. The average Bonchev–Trinajstić information content (AvgIpc) is 2.41. The minimum absolute atomic E-state index is 0.192. The van der Waals surface area contributed by atoms with E-state index in [0.29, 0.717) is 4.47 Å². The average molecular weight is 343 g/mol. The van der Waals surface area contributed by atoms with Crippen LogP contribution < -0.4 is 0 Å². The minimum Gasteiger partial charge on any atom is -0.452 e. The van der Waals surface area contributed by atoms with Gasteiger partial charge in [0.1, 0.15) is 5.82 Å². The van der Waals surface area contributed by atoms with Crippen molar-refractivity contribution in [1.29, 1.82) is 5.26 Å². The summed E-state index contributed by atoms with van der Waals surface area (Å²) >= 11 is 3.07. The van der Waals surface area contributed by atoms with Crippen LogP contribution in [0.4, 0.5) is 4.39 Å². The Balaban J connectivity index is 2.55. The van der Waals surface area contributed by atoms with E-state index in [1.54, 1.807) is 0 Å². The van der Waals surface area contributed by atoms with Crippen molar-refractivity contribution in [2.75, 3.05) is 20.2 Å². The van der Waals surface area contributed by atoms with Crippen molar-refractivity contribution in [2.45, 2.75) is 6.42 Å². The molecule has 0 atom stereocenters. The first-order valence-corrected chi connectivity index (χ1v) is 6.48. The zero-order valence-corrected chi connectivity index (χ0v) is 12.3. The molecule has 20 heavy (non-hydrogen) atoms. The lowest BCUT2D eigenvalue weighted by Crippen LogP contribution is -2.32. The van der Waals surface area contributed by atoms with Gasteiger partial charge in [0.25, 0.3) is 5.91 Å². The Morgan fingerprint density at radius 1 is 1.50 bits per heavy atom. The van der Waals surface area contributed by atoms with Gasteiger partial charge in [-0.1, -0.05) is 15.9 Å². The van der Waals surface area contributed by atoms with E-state index in [1.165, 1.54) is 24.1 Å². The van der Waals surface area contributed by atoms with Crippen molar-refractivity contribution in [3.8, 4) is 6.07 Å². The highest BCUT2D eigenvalue weighted by Crippen LogP contribution is 2.16. The van der Waals surface area contributed by atoms with Crippen molar-refractivity contribution in [3.05, 3.63) is 34.1 Å². The van der Waals surface area contributed by atoms with Gasteiger partial charge >= 0.3 is 5.97 Å². The van der Waals surface area contributed by atoms with Crippen LogP contribution in [-0.2, 0) is 9.53 Å². The molecule has 0 heterocycles. The second-order valence-corrected chi connectivity index (χ2v) is 4.84. The van der Waals surface area contributed by atoms with Crippen molar-refractivity contribution >= 4 is 27.8 Å². The Bertz CT molecular complexity index is 557. The molecule has 1 amide bonds. The van der Waals surface area contributed by atoms with Crippen LogP contribution in [0.3, 0.4) is 0 Å². The fraction of sp³-hybridized carbons (Fsp3) is 0.308. The number of carbonyl (C=O) groups excluding carboxylic acids is 2. The number of nitrogens with zero attached hydrogens (tertiary/aromatic N) is 2. The van der Waals surface area contributed by atoms with Gasteiger partial charge in [0.05, 0.1) is 18.1 Å². The number of ether oxygens (including phenoxy) is 1. The molecule has 0 spiro atoms. The summed E-state index contributed by atoms with van der Waals surface area (Å²) in [4.78, 5) is 24.5. The van der Waals surface area contributed by atoms with Crippen LogP contribution >= 0.6 is 15.9 Å². The maximum Gasteiger partial charge on any atom is 0.341 e. The van der Waals surface area contributed by atoms with E-state index < -0.39 is 24.3 Å². The summed E-state index contributed by atoms with van der Waals surface area (Å²) < 4.78 is 18.7. The lowest BCUT2D eigenvalue weighted by molar-refractivity contribution is -0.133. The third kappa shape index (κ3) is 4.63. The fourth-order valence-corrected chi connectivity index (χ4v) is 1.65. The molecule has 0 aliphatic heterocycles. The normalized spacial score (nSPS) is 9.70. The summed E-state index contributed by atoms with van der Waals surface area (Å²) in [5.41, 5.74) is -0.235. The van der Waals surface area contributed by atoms with Crippen molar-refractivity contribution in [3.63, 3.8) is 0 Å². The number of halogens is 2. The van der Waals surface area contributed by atoms with Crippen LogP contribution in [0.1, 0.15) is 16.8 Å². The number of hydrogen-bond donors (Lipinski definition) is 0. The third-order valence-corrected chi connectivity index (χ3v) is 2.96. The molecular weight excluding hydrogens is 331 g/mol. The number of nitriles is 1. The summed E-state index contributed by atoms with van der Waals surface area (Å²) in [5.74, 6) is -2.09. The molecule has 0 fully saturated rings. The smallest absolute Gasteiger partial charge is 0.341 e. The van der Waals surface area contributed by atoms with Crippen molar-refractivity contribution in [2.24, 2.45) is 0 Å². The first-order valence-electron chi connectivity index (χ1n) is 5.68. The SMILES string of the molecule is CN(CCC#N)C(=O)COC(=O)c1ccc(Br)cc1F. The Kier molecular flexibility index (Phi) is 6.12. The van der Waals surface area contributed by atoms with Gasteiger partial charge in [0, 0.05) is 18.1 Å². The van der Waals surface area contributed by atoms with Crippen LogP contribution in [-0.4, -0.2) is 37.0 Å². The second kappa shape index (κ2) is 7.60. The van der Waals surface area contributed by atoms with E-state index in [1.807, 2.05) is 6.07 Å². The van der Waals surface area contributed by atoms with Gasteiger partial charge in [-0.2, -0.15) is 5.26 Å². The largest absolute Gasteiger partial charge is 0.452 e. The first-order chi connectivity index (χ1) is 9.45. The molecule has 0 aliphatic rings. The van der Waals surface area contributed by atoms with Crippen LogP contribution in [0, 0.1) is 17.1 Å². The summed E-state index contributed by atoms with van der Waals surface area (Å²) in [7, 11) is 1.49. The molecule has 0 saturated heterocycles. The number of likely N-dealkylation sites (N-methyl/N-ethyl adjacent to an activating group) is 1. The van der Waals surface area contributed by atoms with E-state index in [4.69, 9.17) is 10.00 Å². The third-order valence-electron chi connectivity index (χ3n) is 2.46. The predicted octanol–water partition coefficient (Wildman–Crippen LogP) is 2.12. The number of amides is 1. The molecule has 0 saturated carbocycles. The maximum atomic E-state index is 13.5. The Morgan fingerprint density at radius 3 is 2.80 bits per heavy atom. The van der Waals surface area contributed by atoms with Crippen molar-refractivity contribution in [1.82, 2.24) is 4.90 Å². The Hall–Kier alpha value is -1.94. The molecule has 0 unspecified atom stereocenters. The summed E-state index contributed by atoms with van der Waals surface area (Å²) in [6.07, 6.45) is 0.192. The van der Waals surface area contributed by atoms with Crippen LogP contribution in [0.2, 0.25) is 0 Å². The van der Waals surface area contributed by atoms with E-state index in [0.717, 1.165) is 6.07 Å². The molecule has 5 nitrogen and oxygen atoms in total.